The first-order valence-electron chi connectivity index (χ1n) is 3.01. The second-order valence-corrected chi connectivity index (χ2v) is 2.38. The van der Waals surface area contributed by atoms with Crippen molar-refractivity contribution in [3.05, 3.63) is 12.7 Å². The molecule has 0 saturated heterocycles. The Kier molecular flexibility index (Phi) is 15.0. The molecule has 0 aliphatic carbocycles. The average Bonchev–Trinajstić information content (AvgIpc) is 1.91. The molecule has 0 heterocycles. The Morgan fingerprint density at radius 2 is 2.00 bits per heavy atom. The van der Waals surface area contributed by atoms with Crippen LogP contribution in [0.15, 0.2) is 12.7 Å². The molecule has 0 spiro atoms. The number of rotatable bonds is 3. The molecule has 62 valence electrons. The standard InChI is InChI=1S/C5H10.CH5O3P/c1-3-5-4-2;1-4-5(2)3/h3H,1,4-5H2,2H3;2-3H,1H3. The normalized spacial score (nSPS) is 8.50. The SMILES string of the molecule is C=CCCC.COP(O)O. The summed E-state index contributed by atoms with van der Waals surface area (Å²) in [6, 6.07) is 0. The van der Waals surface area contributed by atoms with Crippen LogP contribution in [-0.4, -0.2) is 16.9 Å². The predicted molar refractivity (Wildman–Crippen MR) is 43.5 cm³/mol. The van der Waals surface area contributed by atoms with Crippen LogP contribution in [0.25, 0.3) is 0 Å². The summed E-state index contributed by atoms with van der Waals surface area (Å²) in [7, 11) is -0.870. The van der Waals surface area contributed by atoms with E-state index in [1.54, 1.807) is 0 Å². The summed E-state index contributed by atoms with van der Waals surface area (Å²) in [4.78, 5) is 15.5. The molecule has 3 nitrogen and oxygen atoms in total. The lowest BCUT2D eigenvalue weighted by molar-refractivity contribution is 0.310. The summed E-state index contributed by atoms with van der Waals surface area (Å²) in [5, 5.41) is 0. The Hall–Kier alpha value is 0.0500. The fraction of sp³-hybridized carbons (Fsp3) is 0.667. The Balaban J connectivity index is 0. The molecule has 0 radical (unpaired) electrons. The monoisotopic (exact) mass is 166 g/mol. The lowest BCUT2D eigenvalue weighted by Gasteiger charge is -1.89. The maximum atomic E-state index is 7.76. The van der Waals surface area contributed by atoms with E-state index < -0.39 is 8.60 Å². The van der Waals surface area contributed by atoms with Gasteiger partial charge < -0.3 is 14.3 Å². The first kappa shape index (κ1) is 12.7. The van der Waals surface area contributed by atoms with Crippen LogP contribution in [0, 0.1) is 0 Å². The third-order valence-corrected chi connectivity index (χ3v) is 0.983. The predicted octanol–water partition coefficient (Wildman–Crippen LogP) is 1.82. The van der Waals surface area contributed by atoms with Crippen molar-refractivity contribution in [2.24, 2.45) is 0 Å². The zero-order chi connectivity index (χ0) is 8.41. The Morgan fingerprint density at radius 1 is 1.60 bits per heavy atom. The lowest BCUT2D eigenvalue weighted by atomic mass is 10.3. The first-order chi connectivity index (χ1) is 4.68. The Bertz CT molecular complexity index is 66.0. The molecule has 0 rings (SSSR count). The molecule has 0 unspecified atom stereocenters. The van der Waals surface area contributed by atoms with Crippen LogP contribution in [0.5, 0.6) is 0 Å². The molecule has 0 aromatic carbocycles. The maximum Gasteiger partial charge on any atom is 0.326 e. The van der Waals surface area contributed by atoms with Crippen molar-refractivity contribution in [3.63, 3.8) is 0 Å². The van der Waals surface area contributed by atoms with Gasteiger partial charge in [-0.3, -0.25) is 0 Å². The summed E-state index contributed by atoms with van der Waals surface area (Å²) >= 11 is 0. The maximum absolute atomic E-state index is 7.76. The van der Waals surface area contributed by atoms with Crippen molar-refractivity contribution in [2.45, 2.75) is 19.8 Å². The molecule has 10 heavy (non-hydrogen) atoms. The minimum Gasteiger partial charge on any atom is -0.328 e. The van der Waals surface area contributed by atoms with E-state index in [0.717, 1.165) is 6.42 Å². The molecule has 0 atom stereocenters. The second-order valence-electron chi connectivity index (χ2n) is 1.51. The summed E-state index contributed by atoms with van der Waals surface area (Å²) in [6.07, 6.45) is 4.31. The van der Waals surface area contributed by atoms with Gasteiger partial charge in [0.05, 0.1) is 0 Å². The van der Waals surface area contributed by atoms with Crippen LogP contribution in [0.2, 0.25) is 0 Å². The van der Waals surface area contributed by atoms with Gasteiger partial charge in [0.1, 0.15) is 0 Å². The van der Waals surface area contributed by atoms with E-state index in [2.05, 4.69) is 18.0 Å². The van der Waals surface area contributed by atoms with Crippen molar-refractivity contribution in [1.82, 2.24) is 0 Å². The molecule has 0 fully saturated rings. The van der Waals surface area contributed by atoms with Gasteiger partial charge in [-0.2, -0.15) is 0 Å². The Labute approximate surface area is 63.3 Å². The van der Waals surface area contributed by atoms with Gasteiger partial charge in [-0.15, -0.1) is 6.58 Å². The van der Waals surface area contributed by atoms with Gasteiger partial charge in [0.25, 0.3) is 0 Å². The van der Waals surface area contributed by atoms with Crippen molar-refractivity contribution in [3.8, 4) is 0 Å². The summed E-state index contributed by atoms with van der Waals surface area (Å²) in [5.41, 5.74) is 0. The largest absolute Gasteiger partial charge is 0.328 e. The molecule has 2 N–H and O–H groups in total. The summed E-state index contributed by atoms with van der Waals surface area (Å²) in [5.74, 6) is 0. The van der Waals surface area contributed by atoms with Crippen LogP contribution >= 0.6 is 8.60 Å². The van der Waals surface area contributed by atoms with Crippen molar-refractivity contribution in [1.29, 1.82) is 0 Å². The number of allylic oxidation sites excluding steroid dienone is 1. The number of hydrogen-bond donors (Lipinski definition) is 2. The van der Waals surface area contributed by atoms with Crippen molar-refractivity contribution in [2.75, 3.05) is 7.11 Å². The van der Waals surface area contributed by atoms with E-state index in [4.69, 9.17) is 9.79 Å². The van der Waals surface area contributed by atoms with E-state index in [1.165, 1.54) is 13.5 Å². The average molecular weight is 166 g/mol. The summed E-state index contributed by atoms with van der Waals surface area (Å²) in [6.45, 7) is 5.69. The van der Waals surface area contributed by atoms with Crippen LogP contribution in [-0.2, 0) is 4.52 Å². The highest BCUT2D eigenvalue weighted by Crippen LogP contribution is 2.20. The van der Waals surface area contributed by atoms with Gasteiger partial charge in [0.15, 0.2) is 0 Å². The molecule has 0 saturated carbocycles. The first-order valence-corrected chi connectivity index (χ1v) is 4.18. The van der Waals surface area contributed by atoms with E-state index in [-0.39, 0.29) is 0 Å². The van der Waals surface area contributed by atoms with Gasteiger partial charge in [-0.25, -0.2) is 0 Å². The van der Waals surface area contributed by atoms with Gasteiger partial charge in [-0.1, -0.05) is 19.4 Å². The number of hydrogen-bond acceptors (Lipinski definition) is 3. The third-order valence-electron chi connectivity index (χ3n) is 0.656. The topological polar surface area (TPSA) is 49.7 Å². The molecule has 0 amide bonds. The van der Waals surface area contributed by atoms with Crippen molar-refractivity contribution < 1.29 is 14.3 Å². The highest BCUT2D eigenvalue weighted by atomic mass is 31.2. The molecule has 0 aromatic heterocycles. The zero-order valence-corrected chi connectivity index (χ0v) is 7.34. The zero-order valence-electron chi connectivity index (χ0n) is 6.45. The van der Waals surface area contributed by atoms with Crippen LogP contribution < -0.4 is 0 Å². The molecule has 4 heteroatoms. The lowest BCUT2D eigenvalue weighted by Crippen LogP contribution is -1.67. The van der Waals surface area contributed by atoms with Gasteiger partial charge >= 0.3 is 8.60 Å². The fourth-order valence-corrected chi connectivity index (χ4v) is 0.204. The molecular formula is C6H15O3P. The van der Waals surface area contributed by atoms with Gasteiger partial charge in [0, 0.05) is 7.11 Å². The van der Waals surface area contributed by atoms with Gasteiger partial charge in [0.2, 0.25) is 0 Å². The molecular weight excluding hydrogens is 151 g/mol. The van der Waals surface area contributed by atoms with Crippen molar-refractivity contribution >= 4 is 8.60 Å². The fourth-order valence-electron chi connectivity index (χ4n) is 0.204. The highest BCUT2D eigenvalue weighted by molar-refractivity contribution is 7.39. The molecule has 0 aliphatic rings. The molecule has 0 aromatic rings. The van der Waals surface area contributed by atoms with Crippen LogP contribution in [0.3, 0.4) is 0 Å². The van der Waals surface area contributed by atoms with E-state index in [1.807, 2.05) is 6.08 Å². The summed E-state index contributed by atoms with van der Waals surface area (Å²) < 4.78 is 3.93. The quantitative estimate of drug-likeness (QED) is 0.496. The minimum atomic E-state index is -2.10. The van der Waals surface area contributed by atoms with E-state index in [9.17, 15) is 0 Å². The third kappa shape index (κ3) is 24.4. The van der Waals surface area contributed by atoms with E-state index >= 15 is 0 Å². The Morgan fingerprint density at radius 3 is 2.00 bits per heavy atom. The number of unbranched alkanes of at least 4 members (excludes halogenated alkanes) is 1. The molecule has 0 bridgehead atoms. The van der Waals surface area contributed by atoms with Gasteiger partial charge in [-0.05, 0) is 6.42 Å². The second kappa shape index (κ2) is 11.8. The van der Waals surface area contributed by atoms with E-state index in [0.29, 0.717) is 0 Å². The van der Waals surface area contributed by atoms with Crippen LogP contribution in [0.4, 0.5) is 0 Å². The highest BCUT2D eigenvalue weighted by Gasteiger charge is 1.86. The van der Waals surface area contributed by atoms with Crippen LogP contribution in [0.1, 0.15) is 19.8 Å². The molecule has 0 aliphatic heterocycles. The minimum absolute atomic E-state index is 1.15. The smallest absolute Gasteiger partial charge is 0.326 e.